The van der Waals surface area contributed by atoms with E-state index < -0.39 is 0 Å². The van der Waals surface area contributed by atoms with Gasteiger partial charge in [-0.3, -0.25) is 9.59 Å². The van der Waals surface area contributed by atoms with Crippen molar-refractivity contribution in [1.29, 1.82) is 0 Å². The lowest BCUT2D eigenvalue weighted by Gasteiger charge is -2.44. The average Bonchev–Trinajstić information content (AvgIpc) is 3.17. The van der Waals surface area contributed by atoms with Crippen LogP contribution in [-0.2, 0) is 16.1 Å². The van der Waals surface area contributed by atoms with Crippen LogP contribution in [-0.4, -0.2) is 46.8 Å². The average molecular weight is 473 g/mol. The highest BCUT2D eigenvalue weighted by molar-refractivity contribution is 5.97. The molecule has 5 rings (SSSR count). The lowest BCUT2D eigenvalue weighted by molar-refractivity contribution is -0.149. The monoisotopic (exact) mass is 472 g/mol. The number of benzene rings is 2. The molecular formula is C30H36N2O3. The van der Waals surface area contributed by atoms with Gasteiger partial charge in [-0.05, 0) is 68.4 Å². The fourth-order valence-corrected chi connectivity index (χ4v) is 5.58. The highest BCUT2D eigenvalue weighted by atomic mass is 16.5. The van der Waals surface area contributed by atoms with Crippen molar-refractivity contribution >= 4 is 17.9 Å². The van der Waals surface area contributed by atoms with Gasteiger partial charge in [-0.2, -0.15) is 0 Å². The number of nitrogens with zero attached hydrogens (tertiary/aromatic N) is 2. The first-order valence-corrected chi connectivity index (χ1v) is 13.2. The smallest absolute Gasteiger partial charge is 0.289 e. The molecular weight excluding hydrogens is 436 g/mol. The van der Waals surface area contributed by atoms with E-state index in [2.05, 4.69) is 31.2 Å². The van der Waals surface area contributed by atoms with Gasteiger partial charge < -0.3 is 14.5 Å². The predicted molar refractivity (Wildman–Crippen MR) is 138 cm³/mol. The second-order valence-corrected chi connectivity index (χ2v) is 10.3. The molecule has 2 amide bonds. The van der Waals surface area contributed by atoms with Gasteiger partial charge in [-0.15, -0.1) is 0 Å². The van der Waals surface area contributed by atoms with E-state index in [4.69, 9.17) is 4.74 Å². The van der Waals surface area contributed by atoms with Crippen molar-refractivity contribution in [2.45, 2.75) is 77.0 Å². The minimum atomic E-state index is -0.0431. The predicted octanol–water partition coefficient (Wildman–Crippen LogP) is 5.72. The molecule has 5 nitrogen and oxygen atoms in total. The zero-order valence-electron chi connectivity index (χ0n) is 20.7. The summed E-state index contributed by atoms with van der Waals surface area (Å²) in [5.74, 6) is 0.468. The van der Waals surface area contributed by atoms with Gasteiger partial charge in [0, 0.05) is 25.2 Å². The SMILES string of the molecule is Cc1ccc(CN2C(=O)/C(=C\c3ccc(C(=O)N4CCCCCC4)cc3)OC3CCCCC32)cc1. The van der Waals surface area contributed by atoms with Gasteiger partial charge in [0.05, 0.1) is 6.04 Å². The van der Waals surface area contributed by atoms with Gasteiger partial charge in [-0.25, -0.2) is 0 Å². The molecule has 0 bridgehead atoms. The normalized spacial score (nSPS) is 24.0. The second kappa shape index (κ2) is 10.7. The van der Waals surface area contributed by atoms with Gasteiger partial charge in [0.2, 0.25) is 0 Å². The first-order chi connectivity index (χ1) is 17.1. The molecule has 5 heteroatoms. The summed E-state index contributed by atoms with van der Waals surface area (Å²) in [6.07, 6.45) is 10.7. The van der Waals surface area contributed by atoms with Crippen LogP contribution in [0.2, 0.25) is 0 Å². The zero-order valence-corrected chi connectivity index (χ0v) is 20.7. The van der Waals surface area contributed by atoms with Gasteiger partial charge >= 0.3 is 0 Å². The van der Waals surface area contributed by atoms with Crippen LogP contribution >= 0.6 is 0 Å². The maximum atomic E-state index is 13.5. The summed E-state index contributed by atoms with van der Waals surface area (Å²) < 4.78 is 6.28. The first kappa shape index (κ1) is 23.7. The van der Waals surface area contributed by atoms with Crippen LogP contribution in [0.25, 0.3) is 6.08 Å². The lowest BCUT2D eigenvalue weighted by Crippen LogP contribution is -2.54. The fourth-order valence-electron chi connectivity index (χ4n) is 5.58. The highest BCUT2D eigenvalue weighted by Crippen LogP contribution is 2.34. The van der Waals surface area contributed by atoms with E-state index in [1.54, 1.807) is 0 Å². The van der Waals surface area contributed by atoms with Crippen LogP contribution in [0.1, 0.15) is 78.4 Å². The van der Waals surface area contributed by atoms with E-state index in [0.717, 1.165) is 62.7 Å². The molecule has 2 atom stereocenters. The molecule has 0 N–H and O–H groups in total. The number of hydrogen-bond donors (Lipinski definition) is 0. The van der Waals surface area contributed by atoms with Crippen LogP contribution in [0, 0.1) is 6.92 Å². The van der Waals surface area contributed by atoms with E-state index in [-0.39, 0.29) is 24.0 Å². The first-order valence-electron chi connectivity index (χ1n) is 13.2. The number of rotatable bonds is 4. The number of carbonyl (C=O) groups is 2. The Morgan fingerprint density at radius 2 is 1.60 bits per heavy atom. The molecule has 2 aromatic carbocycles. The Labute approximate surface area is 208 Å². The number of morpholine rings is 1. The molecule has 0 radical (unpaired) electrons. The van der Waals surface area contributed by atoms with Gasteiger partial charge in [0.1, 0.15) is 6.10 Å². The summed E-state index contributed by atoms with van der Waals surface area (Å²) >= 11 is 0. The summed E-state index contributed by atoms with van der Waals surface area (Å²) in [7, 11) is 0. The Morgan fingerprint density at radius 3 is 2.31 bits per heavy atom. The third-order valence-electron chi connectivity index (χ3n) is 7.64. The van der Waals surface area contributed by atoms with Crippen molar-refractivity contribution < 1.29 is 14.3 Å². The number of ether oxygens (including phenoxy) is 1. The van der Waals surface area contributed by atoms with E-state index in [9.17, 15) is 9.59 Å². The highest BCUT2D eigenvalue weighted by Gasteiger charge is 2.41. The molecule has 2 saturated heterocycles. The van der Waals surface area contributed by atoms with Crippen molar-refractivity contribution in [3.63, 3.8) is 0 Å². The quantitative estimate of drug-likeness (QED) is 0.535. The van der Waals surface area contributed by atoms with Gasteiger partial charge in [0.15, 0.2) is 5.76 Å². The molecule has 0 spiro atoms. The Morgan fingerprint density at radius 1 is 0.914 bits per heavy atom. The van der Waals surface area contributed by atoms with Crippen LogP contribution in [0.15, 0.2) is 54.3 Å². The van der Waals surface area contributed by atoms with E-state index in [1.165, 1.54) is 18.4 Å². The summed E-state index contributed by atoms with van der Waals surface area (Å²) in [5.41, 5.74) is 3.95. The maximum Gasteiger partial charge on any atom is 0.289 e. The summed E-state index contributed by atoms with van der Waals surface area (Å²) in [4.78, 5) is 30.5. The number of likely N-dealkylation sites (tertiary alicyclic amines) is 1. The molecule has 184 valence electrons. The summed E-state index contributed by atoms with van der Waals surface area (Å²) in [6.45, 7) is 4.36. The van der Waals surface area contributed by atoms with Crippen molar-refractivity contribution in [1.82, 2.24) is 9.80 Å². The van der Waals surface area contributed by atoms with Gasteiger partial charge in [-0.1, -0.05) is 61.2 Å². The molecule has 3 fully saturated rings. The maximum absolute atomic E-state index is 13.5. The molecule has 2 aliphatic heterocycles. The van der Waals surface area contributed by atoms with Crippen molar-refractivity contribution in [2.75, 3.05) is 13.1 Å². The number of hydrogen-bond acceptors (Lipinski definition) is 3. The minimum absolute atomic E-state index is 0.0431. The Kier molecular flexibility index (Phi) is 7.21. The van der Waals surface area contributed by atoms with Crippen LogP contribution in [0.5, 0.6) is 0 Å². The minimum Gasteiger partial charge on any atom is -0.482 e. The van der Waals surface area contributed by atoms with Crippen molar-refractivity contribution in [2.24, 2.45) is 0 Å². The largest absolute Gasteiger partial charge is 0.482 e. The molecule has 1 saturated carbocycles. The number of amides is 2. The Bertz CT molecular complexity index is 1070. The topological polar surface area (TPSA) is 49.9 Å². The number of fused-ring (bicyclic) bond motifs is 1. The van der Waals surface area contributed by atoms with Crippen LogP contribution in [0.3, 0.4) is 0 Å². The third kappa shape index (κ3) is 5.44. The van der Waals surface area contributed by atoms with Gasteiger partial charge in [0.25, 0.3) is 11.8 Å². The molecule has 2 heterocycles. The molecule has 35 heavy (non-hydrogen) atoms. The summed E-state index contributed by atoms with van der Waals surface area (Å²) in [6, 6.07) is 16.1. The van der Waals surface area contributed by atoms with Crippen molar-refractivity contribution in [3.05, 3.63) is 76.5 Å². The third-order valence-corrected chi connectivity index (χ3v) is 7.64. The Balaban J connectivity index is 1.34. The molecule has 2 aromatic rings. The molecule has 0 aromatic heterocycles. The lowest BCUT2D eigenvalue weighted by atomic mass is 9.89. The Hall–Kier alpha value is -3.08. The van der Waals surface area contributed by atoms with E-state index >= 15 is 0 Å². The zero-order chi connectivity index (χ0) is 24.2. The number of aryl methyl sites for hydroxylation is 1. The van der Waals surface area contributed by atoms with Crippen LogP contribution < -0.4 is 0 Å². The summed E-state index contributed by atoms with van der Waals surface area (Å²) in [5, 5.41) is 0. The van der Waals surface area contributed by atoms with Crippen LogP contribution in [0.4, 0.5) is 0 Å². The second-order valence-electron chi connectivity index (χ2n) is 10.3. The molecule has 3 aliphatic rings. The van der Waals surface area contributed by atoms with E-state index in [1.807, 2.05) is 40.1 Å². The van der Waals surface area contributed by atoms with E-state index in [0.29, 0.717) is 17.9 Å². The molecule has 2 unspecified atom stereocenters. The standard InChI is InChI=1S/C30H36N2O3/c1-22-10-12-24(13-11-22)21-32-26-8-4-5-9-27(26)35-28(30(32)34)20-23-14-16-25(17-15-23)29(33)31-18-6-2-3-7-19-31/h10-17,20,26-27H,2-9,18-19,21H2,1H3/b28-20+. The fraction of sp³-hybridized carbons (Fsp3) is 0.467. The molecule has 1 aliphatic carbocycles. The number of carbonyl (C=O) groups excluding carboxylic acids is 2. The van der Waals surface area contributed by atoms with Crippen molar-refractivity contribution in [3.8, 4) is 0 Å².